The van der Waals surface area contributed by atoms with Crippen molar-refractivity contribution in [3.63, 3.8) is 0 Å². The lowest BCUT2D eigenvalue weighted by Crippen LogP contribution is -2.32. The van der Waals surface area contributed by atoms with E-state index in [0.29, 0.717) is 23.0 Å². The molecule has 4 saturated carbocycles. The van der Waals surface area contributed by atoms with Gasteiger partial charge < -0.3 is 10.6 Å². The molecule has 0 heterocycles. The highest BCUT2D eigenvalue weighted by Gasteiger charge is 2.40. The summed E-state index contributed by atoms with van der Waals surface area (Å²) in [6.45, 7) is 1.59. The number of fused-ring (bicyclic) bond motifs is 4. The Morgan fingerprint density at radius 2 is 1.11 bits per heavy atom. The van der Waals surface area contributed by atoms with Crippen LogP contribution in [0, 0.1) is 35.5 Å². The van der Waals surface area contributed by atoms with Crippen LogP contribution in [0.25, 0.3) is 0 Å². The van der Waals surface area contributed by atoms with Gasteiger partial charge in [-0.25, -0.2) is 0 Å². The number of carbonyl (C=O) groups is 2. The molecule has 0 radical (unpaired) electrons. The van der Waals surface area contributed by atoms with Crippen molar-refractivity contribution in [3.8, 4) is 0 Å². The molecule has 0 spiro atoms. The second-order valence-corrected chi connectivity index (χ2v) is 9.87. The van der Waals surface area contributed by atoms with E-state index in [2.05, 4.69) is 10.6 Å². The Kier molecular flexibility index (Phi) is 4.90. The van der Waals surface area contributed by atoms with E-state index in [9.17, 15) is 9.59 Å². The summed E-state index contributed by atoms with van der Waals surface area (Å²) in [6, 6.07) is 7.12. The van der Waals surface area contributed by atoms with E-state index in [4.69, 9.17) is 0 Å². The predicted octanol–water partition coefficient (Wildman–Crippen LogP) is 4.02. The van der Waals surface area contributed by atoms with Crippen molar-refractivity contribution in [1.82, 2.24) is 10.6 Å². The van der Waals surface area contributed by atoms with E-state index in [1.807, 2.05) is 0 Å². The lowest BCUT2D eigenvalue weighted by atomic mass is 9.89. The monoisotopic (exact) mass is 380 g/mol. The van der Waals surface area contributed by atoms with Gasteiger partial charge in [-0.3, -0.25) is 9.59 Å². The molecule has 0 aromatic heterocycles. The maximum absolute atomic E-state index is 12.5. The van der Waals surface area contributed by atoms with Gasteiger partial charge >= 0.3 is 0 Å². The third-order valence-corrected chi connectivity index (χ3v) is 8.23. The molecule has 4 heteroatoms. The highest BCUT2D eigenvalue weighted by molar-refractivity contribution is 5.97. The van der Waals surface area contributed by atoms with Crippen LogP contribution < -0.4 is 10.6 Å². The normalized spacial score (nSPS) is 35.3. The van der Waals surface area contributed by atoms with Crippen LogP contribution >= 0.6 is 0 Å². The number of benzene rings is 1. The van der Waals surface area contributed by atoms with Crippen LogP contribution in [-0.4, -0.2) is 24.9 Å². The summed E-state index contributed by atoms with van der Waals surface area (Å²) in [5.74, 6) is 4.76. The summed E-state index contributed by atoms with van der Waals surface area (Å²) < 4.78 is 0. The minimum atomic E-state index is -0.0169. The minimum Gasteiger partial charge on any atom is -0.352 e. The van der Waals surface area contributed by atoms with Crippen LogP contribution in [0.4, 0.5) is 0 Å². The van der Waals surface area contributed by atoms with Crippen LogP contribution in [0.3, 0.4) is 0 Å². The molecule has 4 fully saturated rings. The van der Waals surface area contributed by atoms with Crippen LogP contribution in [0.1, 0.15) is 72.1 Å². The molecule has 0 saturated heterocycles. The average Bonchev–Trinajstić information content (AvgIpc) is 3.52. The Labute approximate surface area is 167 Å². The summed E-state index contributed by atoms with van der Waals surface area (Å²) in [7, 11) is 0. The summed E-state index contributed by atoms with van der Waals surface area (Å²) >= 11 is 0. The minimum absolute atomic E-state index is 0.0169. The lowest BCUT2D eigenvalue weighted by molar-refractivity contribution is 0.0930. The van der Waals surface area contributed by atoms with Gasteiger partial charge in [0.15, 0.2) is 0 Å². The van der Waals surface area contributed by atoms with Gasteiger partial charge in [0, 0.05) is 24.2 Å². The van der Waals surface area contributed by atoms with Crippen LogP contribution in [-0.2, 0) is 0 Å². The number of amides is 2. The largest absolute Gasteiger partial charge is 0.352 e. The molecule has 4 aliphatic carbocycles. The molecular formula is C24H32N2O2. The molecule has 1 aromatic rings. The first-order valence-corrected chi connectivity index (χ1v) is 11.3. The van der Waals surface area contributed by atoms with Gasteiger partial charge in [0.25, 0.3) is 11.8 Å². The first-order valence-electron chi connectivity index (χ1n) is 11.3. The maximum Gasteiger partial charge on any atom is 0.251 e. The Hall–Kier alpha value is -1.84. The average molecular weight is 381 g/mol. The van der Waals surface area contributed by atoms with Gasteiger partial charge in [0.2, 0.25) is 0 Å². The SMILES string of the molecule is O=C(NCC1CC2CCC1C2)c1ccc(C(=O)NCC2CC3CCC2C3)cc1. The van der Waals surface area contributed by atoms with E-state index < -0.39 is 0 Å². The number of hydrogen-bond acceptors (Lipinski definition) is 2. The molecular weight excluding hydrogens is 348 g/mol. The summed E-state index contributed by atoms with van der Waals surface area (Å²) in [6.07, 6.45) is 10.8. The third kappa shape index (κ3) is 3.58. The van der Waals surface area contributed by atoms with Crippen molar-refractivity contribution in [3.05, 3.63) is 35.4 Å². The predicted molar refractivity (Wildman–Crippen MR) is 109 cm³/mol. The molecule has 1 aromatic carbocycles. The van der Waals surface area contributed by atoms with E-state index in [1.165, 1.54) is 51.4 Å². The lowest BCUT2D eigenvalue weighted by Gasteiger charge is -2.22. The molecule has 4 bridgehead atoms. The van der Waals surface area contributed by atoms with Gasteiger partial charge in [-0.05, 0) is 98.3 Å². The standard InChI is InChI=1S/C24H32N2O2/c27-23(25-13-21-11-15-1-3-19(21)9-15)17-5-7-18(8-6-17)24(28)26-14-22-12-16-2-4-20(22)10-16/h5-8,15-16,19-22H,1-4,9-14H2,(H,25,27)(H,26,28). The molecule has 5 rings (SSSR count). The number of rotatable bonds is 6. The zero-order chi connectivity index (χ0) is 19.1. The highest BCUT2D eigenvalue weighted by atomic mass is 16.2. The third-order valence-electron chi connectivity index (χ3n) is 8.23. The summed E-state index contributed by atoms with van der Waals surface area (Å²) in [5.41, 5.74) is 1.29. The molecule has 6 unspecified atom stereocenters. The molecule has 150 valence electrons. The zero-order valence-corrected chi connectivity index (χ0v) is 16.7. The van der Waals surface area contributed by atoms with Crippen LogP contribution in [0.2, 0.25) is 0 Å². The van der Waals surface area contributed by atoms with Crippen molar-refractivity contribution in [2.24, 2.45) is 35.5 Å². The van der Waals surface area contributed by atoms with Crippen molar-refractivity contribution in [1.29, 1.82) is 0 Å². The van der Waals surface area contributed by atoms with E-state index in [-0.39, 0.29) is 11.8 Å². The molecule has 0 aliphatic heterocycles. The summed E-state index contributed by atoms with van der Waals surface area (Å²) in [5, 5.41) is 6.23. The number of nitrogens with one attached hydrogen (secondary N) is 2. The number of carbonyl (C=O) groups excluding carboxylic acids is 2. The quantitative estimate of drug-likeness (QED) is 0.783. The van der Waals surface area contributed by atoms with Gasteiger partial charge in [-0.2, -0.15) is 0 Å². The van der Waals surface area contributed by atoms with E-state index in [1.54, 1.807) is 24.3 Å². The second kappa shape index (κ2) is 7.53. The van der Waals surface area contributed by atoms with Gasteiger partial charge in [0.1, 0.15) is 0 Å². The zero-order valence-electron chi connectivity index (χ0n) is 16.7. The molecule has 4 aliphatic rings. The Morgan fingerprint density at radius 1 is 0.679 bits per heavy atom. The van der Waals surface area contributed by atoms with Gasteiger partial charge in [-0.15, -0.1) is 0 Å². The highest BCUT2D eigenvalue weighted by Crippen LogP contribution is 2.48. The number of hydrogen-bond donors (Lipinski definition) is 2. The Balaban J connectivity index is 1.10. The van der Waals surface area contributed by atoms with E-state index in [0.717, 1.165) is 36.8 Å². The topological polar surface area (TPSA) is 58.2 Å². The maximum atomic E-state index is 12.5. The molecule has 4 nitrogen and oxygen atoms in total. The van der Waals surface area contributed by atoms with Crippen molar-refractivity contribution >= 4 is 11.8 Å². The fourth-order valence-corrected chi connectivity index (χ4v) is 6.68. The second-order valence-electron chi connectivity index (χ2n) is 9.87. The van der Waals surface area contributed by atoms with Gasteiger partial charge in [-0.1, -0.05) is 12.8 Å². The van der Waals surface area contributed by atoms with Crippen molar-refractivity contribution in [2.45, 2.75) is 51.4 Å². The van der Waals surface area contributed by atoms with Gasteiger partial charge in [0.05, 0.1) is 0 Å². The first-order chi connectivity index (χ1) is 13.7. The Bertz CT molecular complexity index is 680. The van der Waals surface area contributed by atoms with Crippen molar-refractivity contribution in [2.75, 3.05) is 13.1 Å². The first kappa shape index (κ1) is 18.2. The molecule has 28 heavy (non-hydrogen) atoms. The van der Waals surface area contributed by atoms with Crippen molar-refractivity contribution < 1.29 is 9.59 Å². The Morgan fingerprint density at radius 3 is 1.43 bits per heavy atom. The molecule has 6 atom stereocenters. The molecule has 2 N–H and O–H groups in total. The van der Waals surface area contributed by atoms with Crippen LogP contribution in [0.15, 0.2) is 24.3 Å². The fourth-order valence-electron chi connectivity index (χ4n) is 6.68. The summed E-state index contributed by atoms with van der Waals surface area (Å²) in [4.78, 5) is 24.9. The smallest absolute Gasteiger partial charge is 0.251 e. The van der Waals surface area contributed by atoms with Crippen LogP contribution in [0.5, 0.6) is 0 Å². The fraction of sp³-hybridized carbons (Fsp3) is 0.667. The van der Waals surface area contributed by atoms with E-state index >= 15 is 0 Å². The molecule has 2 amide bonds.